The molecule has 0 aliphatic carbocycles. The van der Waals surface area contributed by atoms with E-state index < -0.39 is 11.9 Å². The van der Waals surface area contributed by atoms with E-state index in [1.807, 2.05) is 6.92 Å². The van der Waals surface area contributed by atoms with E-state index in [9.17, 15) is 14.4 Å². The molecule has 0 aromatic heterocycles. The zero-order valence-corrected chi connectivity index (χ0v) is 9.79. The van der Waals surface area contributed by atoms with Crippen molar-refractivity contribution in [1.82, 2.24) is 16.0 Å². The molecule has 2 saturated heterocycles. The van der Waals surface area contributed by atoms with E-state index in [4.69, 9.17) is 0 Å². The second-order valence-corrected chi connectivity index (χ2v) is 4.65. The van der Waals surface area contributed by atoms with Crippen LogP contribution in [0, 0.1) is 5.92 Å². The van der Waals surface area contributed by atoms with Gasteiger partial charge in [0.2, 0.25) is 17.7 Å². The van der Waals surface area contributed by atoms with Crippen molar-refractivity contribution in [2.75, 3.05) is 6.54 Å². The second kappa shape index (κ2) is 4.83. The molecule has 17 heavy (non-hydrogen) atoms. The van der Waals surface area contributed by atoms with Crippen LogP contribution < -0.4 is 16.0 Å². The Morgan fingerprint density at radius 1 is 1.35 bits per heavy atom. The lowest BCUT2D eigenvalue weighted by Crippen LogP contribution is -2.54. The average molecular weight is 239 g/mol. The molecule has 0 aromatic rings. The Kier molecular flexibility index (Phi) is 3.42. The van der Waals surface area contributed by atoms with Crippen LogP contribution in [0.5, 0.6) is 0 Å². The molecular weight excluding hydrogens is 222 g/mol. The van der Waals surface area contributed by atoms with Crippen LogP contribution in [-0.4, -0.2) is 36.3 Å². The van der Waals surface area contributed by atoms with Crippen LogP contribution in [0.2, 0.25) is 0 Å². The first-order chi connectivity index (χ1) is 8.08. The first-order valence-corrected chi connectivity index (χ1v) is 5.95. The number of hydrogen-bond donors (Lipinski definition) is 3. The highest BCUT2D eigenvalue weighted by Crippen LogP contribution is 2.16. The lowest BCUT2D eigenvalue weighted by molar-refractivity contribution is -0.138. The second-order valence-electron chi connectivity index (χ2n) is 4.65. The van der Waals surface area contributed by atoms with Gasteiger partial charge in [0.1, 0.15) is 6.04 Å². The summed E-state index contributed by atoms with van der Waals surface area (Å²) in [5, 5.41) is 8.14. The van der Waals surface area contributed by atoms with Crippen LogP contribution in [0.15, 0.2) is 0 Å². The normalized spacial score (nSPS) is 33.4. The lowest BCUT2D eigenvalue weighted by atomic mass is 9.99. The van der Waals surface area contributed by atoms with Crippen molar-refractivity contribution >= 4 is 17.7 Å². The predicted octanol–water partition coefficient (Wildman–Crippen LogP) is -1.09. The molecule has 0 spiro atoms. The number of amides is 3. The molecule has 6 heteroatoms. The summed E-state index contributed by atoms with van der Waals surface area (Å²) in [6.45, 7) is 2.79. The molecule has 2 aliphatic rings. The minimum absolute atomic E-state index is 0.0829. The van der Waals surface area contributed by atoms with Gasteiger partial charge in [0.05, 0.1) is 5.92 Å². The zero-order valence-electron chi connectivity index (χ0n) is 9.79. The van der Waals surface area contributed by atoms with Crippen molar-refractivity contribution < 1.29 is 14.4 Å². The quantitative estimate of drug-likeness (QED) is 0.534. The number of hydrogen-bond acceptors (Lipinski definition) is 4. The van der Waals surface area contributed by atoms with E-state index in [-0.39, 0.29) is 30.2 Å². The van der Waals surface area contributed by atoms with Gasteiger partial charge in [0, 0.05) is 12.5 Å². The molecule has 0 aromatic carbocycles. The Morgan fingerprint density at radius 2 is 2.12 bits per heavy atom. The molecule has 3 unspecified atom stereocenters. The maximum atomic E-state index is 11.9. The molecule has 2 heterocycles. The van der Waals surface area contributed by atoms with Gasteiger partial charge in [0.25, 0.3) is 0 Å². The van der Waals surface area contributed by atoms with Crippen molar-refractivity contribution in [2.24, 2.45) is 5.92 Å². The number of imide groups is 1. The first kappa shape index (κ1) is 12.0. The van der Waals surface area contributed by atoms with Crippen LogP contribution in [0.25, 0.3) is 0 Å². The van der Waals surface area contributed by atoms with Crippen molar-refractivity contribution in [3.05, 3.63) is 0 Å². The minimum atomic E-state index is -0.562. The molecule has 2 aliphatic heterocycles. The van der Waals surface area contributed by atoms with Gasteiger partial charge < -0.3 is 10.6 Å². The fourth-order valence-electron chi connectivity index (χ4n) is 2.33. The monoisotopic (exact) mass is 239 g/mol. The summed E-state index contributed by atoms with van der Waals surface area (Å²) in [4.78, 5) is 34.4. The number of rotatable bonds is 2. The minimum Gasteiger partial charge on any atom is -0.344 e. The number of carbonyl (C=O) groups is 3. The van der Waals surface area contributed by atoms with E-state index >= 15 is 0 Å². The fraction of sp³-hybridized carbons (Fsp3) is 0.727. The molecule has 3 amide bonds. The summed E-state index contributed by atoms with van der Waals surface area (Å²) < 4.78 is 0. The standard InChI is InChI=1S/C11H17N3O3/c1-6-7(4-5-12-6)10(16)13-8-2-3-9(15)14-11(8)17/h6-8,12H,2-5H2,1H3,(H,13,16)(H,14,15,17). The molecular formula is C11H17N3O3. The van der Waals surface area contributed by atoms with Crippen LogP contribution in [0.4, 0.5) is 0 Å². The molecule has 2 rings (SSSR count). The first-order valence-electron chi connectivity index (χ1n) is 5.95. The molecule has 2 fully saturated rings. The number of piperidine rings is 1. The van der Waals surface area contributed by atoms with Gasteiger partial charge in [-0.1, -0.05) is 0 Å². The van der Waals surface area contributed by atoms with Crippen LogP contribution in [-0.2, 0) is 14.4 Å². The van der Waals surface area contributed by atoms with Gasteiger partial charge in [-0.05, 0) is 26.3 Å². The topological polar surface area (TPSA) is 87.3 Å². The van der Waals surface area contributed by atoms with Crippen LogP contribution >= 0.6 is 0 Å². The predicted molar refractivity (Wildman–Crippen MR) is 59.9 cm³/mol. The summed E-state index contributed by atoms with van der Waals surface area (Å²) in [5.41, 5.74) is 0. The summed E-state index contributed by atoms with van der Waals surface area (Å²) in [5.74, 6) is -0.845. The maximum absolute atomic E-state index is 11.9. The highest BCUT2D eigenvalue weighted by molar-refractivity contribution is 6.01. The van der Waals surface area contributed by atoms with E-state index in [0.29, 0.717) is 6.42 Å². The molecule has 3 atom stereocenters. The molecule has 3 N–H and O–H groups in total. The SMILES string of the molecule is CC1NCCC1C(=O)NC1CCC(=O)NC1=O. The van der Waals surface area contributed by atoms with E-state index in [0.717, 1.165) is 13.0 Å². The van der Waals surface area contributed by atoms with E-state index in [2.05, 4.69) is 16.0 Å². The third-order valence-electron chi connectivity index (χ3n) is 3.42. The van der Waals surface area contributed by atoms with Crippen molar-refractivity contribution in [1.29, 1.82) is 0 Å². The summed E-state index contributed by atoms with van der Waals surface area (Å²) >= 11 is 0. The summed E-state index contributed by atoms with van der Waals surface area (Å²) in [6, 6.07) is -0.420. The zero-order chi connectivity index (χ0) is 12.4. The van der Waals surface area contributed by atoms with Crippen molar-refractivity contribution in [3.8, 4) is 0 Å². The van der Waals surface area contributed by atoms with Gasteiger partial charge in [0.15, 0.2) is 0 Å². The van der Waals surface area contributed by atoms with Gasteiger partial charge >= 0.3 is 0 Å². The Hall–Kier alpha value is -1.43. The van der Waals surface area contributed by atoms with Crippen molar-refractivity contribution in [3.63, 3.8) is 0 Å². The Labute approximate surface area is 99.5 Å². The Morgan fingerprint density at radius 3 is 2.71 bits per heavy atom. The van der Waals surface area contributed by atoms with E-state index in [1.54, 1.807) is 0 Å². The van der Waals surface area contributed by atoms with Crippen LogP contribution in [0.3, 0.4) is 0 Å². The molecule has 94 valence electrons. The lowest BCUT2D eigenvalue weighted by Gasteiger charge is -2.24. The smallest absolute Gasteiger partial charge is 0.249 e. The third-order valence-corrected chi connectivity index (χ3v) is 3.42. The fourth-order valence-corrected chi connectivity index (χ4v) is 2.33. The molecule has 0 radical (unpaired) electrons. The molecule has 6 nitrogen and oxygen atoms in total. The molecule has 0 bridgehead atoms. The third kappa shape index (κ3) is 2.63. The maximum Gasteiger partial charge on any atom is 0.249 e. The largest absolute Gasteiger partial charge is 0.344 e. The summed E-state index contributed by atoms with van der Waals surface area (Å²) in [6.07, 6.45) is 1.47. The molecule has 0 saturated carbocycles. The average Bonchev–Trinajstić information content (AvgIpc) is 2.68. The van der Waals surface area contributed by atoms with Crippen LogP contribution in [0.1, 0.15) is 26.2 Å². The van der Waals surface area contributed by atoms with Gasteiger partial charge in [-0.25, -0.2) is 0 Å². The van der Waals surface area contributed by atoms with Gasteiger partial charge in [-0.2, -0.15) is 0 Å². The highest BCUT2D eigenvalue weighted by Gasteiger charge is 2.33. The number of nitrogens with one attached hydrogen (secondary N) is 3. The highest BCUT2D eigenvalue weighted by atomic mass is 16.2. The summed E-state index contributed by atoms with van der Waals surface area (Å²) in [7, 11) is 0. The number of carbonyl (C=O) groups excluding carboxylic acids is 3. The Balaban J connectivity index is 1.90. The van der Waals surface area contributed by atoms with Gasteiger partial charge in [-0.3, -0.25) is 19.7 Å². The Bertz CT molecular complexity index is 356. The van der Waals surface area contributed by atoms with E-state index in [1.165, 1.54) is 0 Å². The van der Waals surface area contributed by atoms with Gasteiger partial charge in [-0.15, -0.1) is 0 Å². The van der Waals surface area contributed by atoms with Crippen molar-refractivity contribution in [2.45, 2.75) is 38.3 Å².